The molecule has 2 atom stereocenters. The lowest BCUT2D eigenvalue weighted by molar-refractivity contribution is 0.206. The van der Waals surface area contributed by atoms with E-state index in [-0.39, 0.29) is 5.82 Å². The summed E-state index contributed by atoms with van der Waals surface area (Å²) in [5.41, 5.74) is 7.85. The standard InChI is InChI=1S/C14H22FN3/c1-9-6-14(12(16)7-11(9)15)17-13-4-5-18(3)8-10(13)2/h6-7,10,13,17H,4-5,8,16H2,1-3H3. The first-order valence-corrected chi connectivity index (χ1v) is 6.48. The van der Waals surface area contributed by atoms with E-state index < -0.39 is 0 Å². The average molecular weight is 251 g/mol. The number of benzene rings is 1. The van der Waals surface area contributed by atoms with Crippen molar-refractivity contribution < 1.29 is 4.39 Å². The fourth-order valence-electron chi connectivity index (χ4n) is 2.59. The van der Waals surface area contributed by atoms with Crippen molar-refractivity contribution in [3.63, 3.8) is 0 Å². The van der Waals surface area contributed by atoms with Gasteiger partial charge < -0.3 is 16.0 Å². The lowest BCUT2D eigenvalue weighted by Crippen LogP contribution is -2.43. The van der Waals surface area contributed by atoms with E-state index in [1.165, 1.54) is 6.07 Å². The Kier molecular flexibility index (Phi) is 3.76. The Labute approximate surface area is 108 Å². The Balaban J connectivity index is 2.12. The maximum atomic E-state index is 13.4. The molecule has 2 unspecified atom stereocenters. The molecule has 100 valence electrons. The minimum absolute atomic E-state index is 0.241. The number of piperidine rings is 1. The summed E-state index contributed by atoms with van der Waals surface area (Å²) in [6.07, 6.45) is 1.09. The summed E-state index contributed by atoms with van der Waals surface area (Å²) >= 11 is 0. The van der Waals surface area contributed by atoms with Gasteiger partial charge in [0.05, 0.1) is 11.4 Å². The summed E-state index contributed by atoms with van der Waals surface area (Å²) in [4.78, 5) is 2.34. The minimum atomic E-state index is -0.241. The summed E-state index contributed by atoms with van der Waals surface area (Å²) in [5.74, 6) is 0.322. The molecular formula is C14H22FN3. The highest BCUT2D eigenvalue weighted by atomic mass is 19.1. The van der Waals surface area contributed by atoms with Gasteiger partial charge in [-0.3, -0.25) is 0 Å². The van der Waals surface area contributed by atoms with Gasteiger partial charge in [-0.05, 0) is 50.6 Å². The summed E-state index contributed by atoms with van der Waals surface area (Å²) in [6, 6.07) is 3.61. The maximum Gasteiger partial charge on any atom is 0.128 e. The van der Waals surface area contributed by atoms with Crippen molar-refractivity contribution >= 4 is 11.4 Å². The second-order valence-corrected chi connectivity index (χ2v) is 5.47. The number of hydrogen-bond donors (Lipinski definition) is 2. The van der Waals surface area contributed by atoms with Gasteiger partial charge in [-0.1, -0.05) is 6.92 Å². The Morgan fingerprint density at radius 1 is 1.44 bits per heavy atom. The van der Waals surface area contributed by atoms with Crippen LogP contribution in [0.25, 0.3) is 0 Å². The van der Waals surface area contributed by atoms with E-state index in [0.717, 1.165) is 25.2 Å². The lowest BCUT2D eigenvalue weighted by Gasteiger charge is -2.36. The summed E-state index contributed by atoms with van der Waals surface area (Å²) in [6.45, 7) is 6.16. The van der Waals surface area contributed by atoms with Gasteiger partial charge in [0.25, 0.3) is 0 Å². The van der Waals surface area contributed by atoms with Gasteiger partial charge in [-0.15, -0.1) is 0 Å². The number of likely N-dealkylation sites (tertiary alicyclic amines) is 1. The lowest BCUT2D eigenvalue weighted by atomic mass is 9.94. The largest absolute Gasteiger partial charge is 0.397 e. The number of nitrogens with two attached hydrogens (primary N) is 1. The number of hydrogen-bond acceptors (Lipinski definition) is 3. The van der Waals surface area contributed by atoms with E-state index in [9.17, 15) is 4.39 Å². The Hall–Kier alpha value is -1.29. The molecule has 4 heteroatoms. The monoisotopic (exact) mass is 251 g/mol. The van der Waals surface area contributed by atoms with Crippen LogP contribution in [0.2, 0.25) is 0 Å². The molecular weight excluding hydrogens is 229 g/mol. The second kappa shape index (κ2) is 5.14. The SMILES string of the molecule is Cc1cc(NC2CCN(C)CC2C)c(N)cc1F. The number of aryl methyl sites for hydroxylation is 1. The minimum Gasteiger partial charge on any atom is -0.397 e. The van der Waals surface area contributed by atoms with Crippen molar-refractivity contribution in [2.45, 2.75) is 26.3 Å². The van der Waals surface area contributed by atoms with E-state index in [1.54, 1.807) is 13.0 Å². The molecule has 0 spiro atoms. The van der Waals surface area contributed by atoms with E-state index in [2.05, 4.69) is 24.2 Å². The number of rotatable bonds is 2. The fourth-order valence-corrected chi connectivity index (χ4v) is 2.59. The van der Waals surface area contributed by atoms with Gasteiger partial charge in [0.2, 0.25) is 0 Å². The molecule has 0 aromatic heterocycles. The Bertz CT molecular complexity index is 433. The van der Waals surface area contributed by atoms with Crippen LogP contribution in [0.5, 0.6) is 0 Å². The van der Waals surface area contributed by atoms with Gasteiger partial charge in [0, 0.05) is 12.6 Å². The molecule has 0 radical (unpaired) electrons. The summed E-state index contributed by atoms with van der Waals surface area (Å²) in [7, 11) is 2.14. The third-order valence-electron chi connectivity index (χ3n) is 3.78. The van der Waals surface area contributed by atoms with E-state index >= 15 is 0 Å². The predicted octanol–water partition coefficient (Wildman–Crippen LogP) is 2.47. The zero-order valence-electron chi connectivity index (χ0n) is 11.3. The molecule has 1 fully saturated rings. The van der Waals surface area contributed by atoms with Crippen LogP contribution in [0.1, 0.15) is 18.9 Å². The number of halogens is 1. The van der Waals surface area contributed by atoms with Crippen LogP contribution in [-0.4, -0.2) is 31.1 Å². The molecule has 1 aromatic carbocycles. The highest BCUT2D eigenvalue weighted by molar-refractivity contribution is 5.67. The normalized spacial score (nSPS) is 25.1. The number of nitrogens with one attached hydrogen (secondary N) is 1. The highest BCUT2D eigenvalue weighted by Gasteiger charge is 2.24. The first-order valence-electron chi connectivity index (χ1n) is 6.48. The van der Waals surface area contributed by atoms with Crippen molar-refractivity contribution in [1.82, 2.24) is 4.90 Å². The van der Waals surface area contributed by atoms with Crippen LogP contribution in [0.4, 0.5) is 15.8 Å². The topological polar surface area (TPSA) is 41.3 Å². The molecule has 1 heterocycles. The van der Waals surface area contributed by atoms with Crippen LogP contribution in [0, 0.1) is 18.7 Å². The van der Waals surface area contributed by atoms with Crippen LogP contribution < -0.4 is 11.1 Å². The van der Waals surface area contributed by atoms with E-state index in [1.807, 2.05) is 0 Å². The van der Waals surface area contributed by atoms with Crippen LogP contribution >= 0.6 is 0 Å². The quantitative estimate of drug-likeness (QED) is 0.793. The zero-order valence-corrected chi connectivity index (χ0v) is 11.3. The van der Waals surface area contributed by atoms with Crippen LogP contribution in [0.3, 0.4) is 0 Å². The van der Waals surface area contributed by atoms with Gasteiger partial charge in [-0.25, -0.2) is 4.39 Å². The molecule has 1 saturated heterocycles. The maximum absolute atomic E-state index is 13.4. The molecule has 3 nitrogen and oxygen atoms in total. The van der Waals surface area contributed by atoms with Crippen molar-refractivity contribution in [3.05, 3.63) is 23.5 Å². The van der Waals surface area contributed by atoms with Crippen molar-refractivity contribution in [3.8, 4) is 0 Å². The third kappa shape index (κ3) is 2.75. The van der Waals surface area contributed by atoms with Gasteiger partial charge in [0.15, 0.2) is 0 Å². The number of nitrogens with zero attached hydrogens (tertiary/aromatic N) is 1. The molecule has 1 aliphatic heterocycles. The molecule has 0 amide bonds. The number of anilines is 2. The van der Waals surface area contributed by atoms with Crippen molar-refractivity contribution in [2.24, 2.45) is 5.92 Å². The molecule has 18 heavy (non-hydrogen) atoms. The first kappa shape index (κ1) is 13.1. The zero-order chi connectivity index (χ0) is 13.3. The second-order valence-electron chi connectivity index (χ2n) is 5.47. The van der Waals surface area contributed by atoms with Crippen LogP contribution in [-0.2, 0) is 0 Å². The average Bonchev–Trinajstić information content (AvgIpc) is 2.29. The Morgan fingerprint density at radius 2 is 2.17 bits per heavy atom. The van der Waals surface area contributed by atoms with E-state index in [4.69, 9.17) is 5.73 Å². The molecule has 1 aliphatic rings. The van der Waals surface area contributed by atoms with E-state index in [0.29, 0.717) is 23.2 Å². The van der Waals surface area contributed by atoms with Gasteiger partial charge in [-0.2, -0.15) is 0 Å². The van der Waals surface area contributed by atoms with Crippen molar-refractivity contribution in [1.29, 1.82) is 0 Å². The molecule has 0 aliphatic carbocycles. The van der Waals surface area contributed by atoms with Crippen LogP contribution in [0.15, 0.2) is 12.1 Å². The Morgan fingerprint density at radius 3 is 2.83 bits per heavy atom. The van der Waals surface area contributed by atoms with Gasteiger partial charge >= 0.3 is 0 Å². The molecule has 3 N–H and O–H groups in total. The smallest absolute Gasteiger partial charge is 0.128 e. The molecule has 2 rings (SSSR count). The summed E-state index contributed by atoms with van der Waals surface area (Å²) < 4.78 is 13.4. The third-order valence-corrected chi connectivity index (χ3v) is 3.78. The van der Waals surface area contributed by atoms with Crippen molar-refractivity contribution in [2.75, 3.05) is 31.2 Å². The molecule has 0 bridgehead atoms. The summed E-state index contributed by atoms with van der Waals surface area (Å²) in [5, 5.41) is 3.47. The number of nitrogen functional groups attached to an aromatic ring is 1. The highest BCUT2D eigenvalue weighted by Crippen LogP contribution is 2.26. The first-order chi connectivity index (χ1) is 8.47. The fraction of sp³-hybridized carbons (Fsp3) is 0.571. The predicted molar refractivity (Wildman–Crippen MR) is 74.2 cm³/mol. The molecule has 0 saturated carbocycles. The molecule has 1 aromatic rings. The van der Waals surface area contributed by atoms with Gasteiger partial charge in [0.1, 0.15) is 5.82 Å².